The first-order chi connectivity index (χ1) is 5.37. The van der Waals surface area contributed by atoms with Crippen LogP contribution in [0, 0.1) is 0 Å². The van der Waals surface area contributed by atoms with Gasteiger partial charge in [-0.3, -0.25) is 0 Å². The lowest BCUT2D eigenvalue weighted by atomic mass is 10.3. The molecule has 2 rings (SSSR count). The van der Waals surface area contributed by atoms with Gasteiger partial charge in [0.25, 0.3) is 0 Å². The van der Waals surface area contributed by atoms with E-state index in [4.69, 9.17) is 0 Å². The molecule has 6 heteroatoms. The van der Waals surface area contributed by atoms with Crippen LogP contribution in [0.2, 0.25) is 0 Å². The fourth-order valence-electron chi connectivity index (χ4n) is 0.950. The second-order valence-electron chi connectivity index (χ2n) is 2.47. The third-order valence-corrected chi connectivity index (χ3v) is 1.74. The van der Waals surface area contributed by atoms with Gasteiger partial charge in [0.15, 0.2) is 0 Å². The van der Waals surface area contributed by atoms with Crippen LogP contribution in [0.25, 0.3) is 0 Å². The predicted molar refractivity (Wildman–Crippen MR) is 33.2 cm³/mol. The monoisotopic (exact) mass is 151 g/mol. The second-order valence-corrected chi connectivity index (χ2v) is 2.47. The van der Waals surface area contributed by atoms with Crippen LogP contribution >= 0.6 is 0 Å². The average molecular weight is 151 g/mol. The number of rotatable bonds is 2. The van der Waals surface area contributed by atoms with Gasteiger partial charge >= 0.3 is 0 Å². The molecule has 1 aromatic rings. The Morgan fingerprint density at radius 3 is 2.91 bits per heavy atom. The van der Waals surface area contributed by atoms with Gasteiger partial charge in [0.2, 0.25) is 11.9 Å². The summed E-state index contributed by atoms with van der Waals surface area (Å²) in [5, 5.41) is 13.2. The van der Waals surface area contributed by atoms with E-state index in [1.807, 2.05) is 0 Å². The maximum Gasteiger partial charge on any atom is 0.235 e. The summed E-state index contributed by atoms with van der Waals surface area (Å²) in [6.07, 6.45) is 3.13. The summed E-state index contributed by atoms with van der Waals surface area (Å²) in [6, 6.07) is 0. The molecule has 1 aliphatic rings. The van der Waals surface area contributed by atoms with Crippen LogP contribution in [-0.2, 0) is 10.3 Å². The molecule has 0 saturated heterocycles. The molecular formula is C5H5N5O. The normalized spacial score (nSPS) is 18.9. The number of aromatic amines is 1. The Kier molecular flexibility index (Phi) is 1.10. The highest BCUT2D eigenvalue weighted by Gasteiger charge is 2.48. The highest BCUT2D eigenvalue weighted by atomic mass is 16.1. The molecule has 1 aliphatic carbocycles. The van der Waals surface area contributed by atoms with Crippen LogP contribution < -0.4 is 0 Å². The summed E-state index contributed by atoms with van der Waals surface area (Å²) in [7, 11) is 0. The van der Waals surface area contributed by atoms with E-state index in [-0.39, 0.29) is 0 Å². The van der Waals surface area contributed by atoms with Crippen LogP contribution in [-0.4, -0.2) is 26.7 Å². The number of hydrogen-bond donors (Lipinski definition) is 1. The summed E-state index contributed by atoms with van der Waals surface area (Å²) >= 11 is 0. The van der Waals surface area contributed by atoms with E-state index in [1.165, 1.54) is 6.08 Å². The maximum absolute atomic E-state index is 9.98. The van der Waals surface area contributed by atoms with Crippen molar-refractivity contribution in [3.8, 4) is 0 Å². The molecule has 0 radical (unpaired) electrons. The molecule has 1 aromatic heterocycles. The summed E-state index contributed by atoms with van der Waals surface area (Å²) in [5.74, 6) is 0.487. The first-order valence-electron chi connectivity index (χ1n) is 3.20. The van der Waals surface area contributed by atoms with Crippen molar-refractivity contribution in [2.75, 3.05) is 0 Å². The Morgan fingerprint density at radius 1 is 1.64 bits per heavy atom. The molecule has 1 N–H and O–H groups in total. The lowest BCUT2D eigenvalue weighted by Gasteiger charge is -1.96. The van der Waals surface area contributed by atoms with Crippen molar-refractivity contribution in [3.63, 3.8) is 0 Å². The minimum absolute atomic E-state index is 0.487. The zero-order valence-electron chi connectivity index (χ0n) is 5.61. The van der Waals surface area contributed by atoms with E-state index < -0.39 is 5.54 Å². The first kappa shape index (κ1) is 6.18. The standard InChI is InChI=1S/C5H5N5O/c11-3-6-5(1-2-5)4-7-9-10-8-4/h1-2H2,(H,7,8,9,10). The molecule has 0 atom stereocenters. The number of nitrogens with one attached hydrogen (secondary N) is 1. The number of H-pyrrole nitrogens is 1. The molecule has 0 aliphatic heterocycles. The van der Waals surface area contributed by atoms with Crippen LogP contribution in [0.15, 0.2) is 4.99 Å². The Hall–Kier alpha value is -1.55. The number of nitrogens with zero attached hydrogens (tertiary/aromatic N) is 4. The molecular weight excluding hydrogens is 146 g/mol. The van der Waals surface area contributed by atoms with E-state index in [1.54, 1.807) is 0 Å². The fourth-order valence-corrected chi connectivity index (χ4v) is 0.950. The van der Waals surface area contributed by atoms with Gasteiger partial charge in [0.05, 0.1) is 0 Å². The van der Waals surface area contributed by atoms with E-state index in [0.29, 0.717) is 5.82 Å². The van der Waals surface area contributed by atoms with Crippen molar-refractivity contribution in [1.29, 1.82) is 0 Å². The second kappa shape index (κ2) is 1.96. The molecule has 1 saturated carbocycles. The fraction of sp³-hybridized carbons (Fsp3) is 0.600. The third-order valence-electron chi connectivity index (χ3n) is 1.74. The van der Waals surface area contributed by atoms with Crippen molar-refractivity contribution >= 4 is 6.08 Å². The Labute approximate surface area is 61.7 Å². The molecule has 0 amide bonds. The number of aliphatic imine (C=N–C) groups is 1. The zero-order chi connectivity index (χ0) is 7.73. The lowest BCUT2D eigenvalue weighted by molar-refractivity contribution is 0.553. The SMILES string of the molecule is O=C=NC1(c2nn[nH]n2)CC1. The van der Waals surface area contributed by atoms with Gasteiger partial charge in [-0.2, -0.15) is 10.2 Å². The van der Waals surface area contributed by atoms with Crippen LogP contribution in [0.5, 0.6) is 0 Å². The van der Waals surface area contributed by atoms with Crippen LogP contribution in [0.3, 0.4) is 0 Å². The Morgan fingerprint density at radius 2 is 2.45 bits per heavy atom. The molecule has 0 aromatic carbocycles. The topological polar surface area (TPSA) is 83.9 Å². The van der Waals surface area contributed by atoms with E-state index >= 15 is 0 Å². The third kappa shape index (κ3) is 0.841. The molecule has 6 nitrogen and oxygen atoms in total. The molecule has 1 fully saturated rings. The molecule has 0 unspecified atom stereocenters. The molecule has 1 heterocycles. The lowest BCUT2D eigenvalue weighted by Crippen LogP contribution is -2.04. The summed E-state index contributed by atoms with van der Waals surface area (Å²) in [5.41, 5.74) is -0.491. The quantitative estimate of drug-likeness (QED) is 0.457. The van der Waals surface area contributed by atoms with Crippen LogP contribution in [0.4, 0.5) is 0 Å². The Bertz CT molecular complexity index is 295. The van der Waals surface area contributed by atoms with Gasteiger partial charge < -0.3 is 0 Å². The summed E-state index contributed by atoms with van der Waals surface area (Å²) in [4.78, 5) is 13.6. The number of tetrazole rings is 1. The minimum Gasteiger partial charge on any atom is -0.211 e. The van der Waals surface area contributed by atoms with Gasteiger partial charge in [0.1, 0.15) is 5.54 Å². The predicted octanol–water partition coefficient (Wildman–Crippen LogP) is -0.475. The minimum atomic E-state index is -0.491. The number of carbonyl (C=O) groups excluding carboxylic acids is 1. The molecule has 56 valence electrons. The first-order valence-corrected chi connectivity index (χ1v) is 3.20. The largest absolute Gasteiger partial charge is 0.235 e. The van der Waals surface area contributed by atoms with Gasteiger partial charge in [0, 0.05) is 0 Å². The van der Waals surface area contributed by atoms with Crippen LogP contribution in [0.1, 0.15) is 18.7 Å². The van der Waals surface area contributed by atoms with Crippen molar-refractivity contribution in [2.45, 2.75) is 18.4 Å². The molecule has 0 spiro atoms. The average Bonchev–Trinajstić information content (AvgIpc) is 2.63. The highest BCUT2D eigenvalue weighted by molar-refractivity contribution is 5.37. The number of hydrogen-bond acceptors (Lipinski definition) is 5. The van der Waals surface area contributed by atoms with Crippen molar-refractivity contribution in [3.05, 3.63) is 5.82 Å². The van der Waals surface area contributed by atoms with Gasteiger partial charge in [-0.15, -0.1) is 10.2 Å². The van der Waals surface area contributed by atoms with E-state index in [2.05, 4.69) is 25.6 Å². The maximum atomic E-state index is 9.98. The number of isocyanates is 1. The van der Waals surface area contributed by atoms with Gasteiger partial charge in [-0.25, -0.2) is 4.79 Å². The smallest absolute Gasteiger partial charge is 0.211 e. The Balaban J connectivity index is 2.35. The zero-order valence-corrected chi connectivity index (χ0v) is 5.61. The van der Waals surface area contributed by atoms with E-state index in [9.17, 15) is 4.79 Å². The van der Waals surface area contributed by atoms with Crippen molar-refractivity contribution < 1.29 is 4.79 Å². The number of aromatic nitrogens is 4. The summed E-state index contributed by atoms with van der Waals surface area (Å²) < 4.78 is 0. The summed E-state index contributed by atoms with van der Waals surface area (Å²) in [6.45, 7) is 0. The van der Waals surface area contributed by atoms with Gasteiger partial charge in [-0.1, -0.05) is 5.21 Å². The van der Waals surface area contributed by atoms with Gasteiger partial charge in [-0.05, 0) is 12.8 Å². The molecule has 0 bridgehead atoms. The van der Waals surface area contributed by atoms with E-state index in [0.717, 1.165) is 12.8 Å². The molecule has 11 heavy (non-hydrogen) atoms. The highest BCUT2D eigenvalue weighted by Crippen LogP contribution is 2.47. The van der Waals surface area contributed by atoms with Crippen molar-refractivity contribution in [1.82, 2.24) is 20.6 Å². The van der Waals surface area contributed by atoms with Crippen molar-refractivity contribution in [2.24, 2.45) is 4.99 Å².